The lowest BCUT2D eigenvalue weighted by atomic mass is 10.3. The summed E-state index contributed by atoms with van der Waals surface area (Å²) in [4.78, 5) is 12.3. The zero-order chi connectivity index (χ0) is 8.81. The van der Waals surface area contributed by atoms with Crippen molar-refractivity contribution in [2.45, 2.75) is 6.54 Å². The van der Waals surface area contributed by atoms with Crippen LogP contribution in [0.1, 0.15) is 5.56 Å². The summed E-state index contributed by atoms with van der Waals surface area (Å²) in [6, 6.07) is 0.236. The van der Waals surface area contributed by atoms with Gasteiger partial charge in [-0.25, -0.2) is 9.97 Å². The summed E-state index contributed by atoms with van der Waals surface area (Å²) in [7, 11) is 1.55. The zero-order valence-electron chi connectivity index (χ0n) is 6.52. The standard InChI is InChI=1S/C6H9N3O2S/c1-10-9-4-5-2-7-6(11-12)8-3-5/h2-3,9,12H,4H2,1H3. The van der Waals surface area contributed by atoms with Crippen LogP contribution in [0.4, 0.5) is 0 Å². The molecule has 1 aromatic rings. The minimum atomic E-state index is 0.236. The van der Waals surface area contributed by atoms with Crippen molar-refractivity contribution in [2.75, 3.05) is 7.11 Å². The lowest BCUT2D eigenvalue weighted by Crippen LogP contribution is -2.11. The fourth-order valence-electron chi connectivity index (χ4n) is 0.637. The van der Waals surface area contributed by atoms with E-state index < -0.39 is 0 Å². The van der Waals surface area contributed by atoms with E-state index in [1.807, 2.05) is 0 Å². The smallest absolute Gasteiger partial charge is 0.328 e. The summed E-state index contributed by atoms with van der Waals surface area (Å²) >= 11 is 3.55. The molecule has 1 rings (SSSR count). The Balaban J connectivity index is 2.53. The molecule has 0 amide bonds. The molecule has 0 spiro atoms. The van der Waals surface area contributed by atoms with Crippen molar-refractivity contribution >= 4 is 12.9 Å². The molecule has 0 fully saturated rings. The molecule has 0 saturated carbocycles. The van der Waals surface area contributed by atoms with Gasteiger partial charge in [0.1, 0.15) is 0 Å². The molecule has 0 aromatic carbocycles. The van der Waals surface area contributed by atoms with Crippen molar-refractivity contribution in [1.29, 1.82) is 0 Å². The molecule has 0 aliphatic heterocycles. The first-order valence-corrected chi connectivity index (χ1v) is 3.61. The van der Waals surface area contributed by atoms with Gasteiger partial charge < -0.3 is 9.02 Å². The number of aromatic nitrogens is 2. The monoisotopic (exact) mass is 187 g/mol. The van der Waals surface area contributed by atoms with Gasteiger partial charge in [0, 0.05) is 37.4 Å². The van der Waals surface area contributed by atoms with Crippen LogP contribution in [0, 0.1) is 0 Å². The molecule has 6 heteroatoms. The molecule has 1 N–H and O–H groups in total. The Hall–Kier alpha value is -0.850. The summed E-state index contributed by atoms with van der Waals surface area (Å²) < 4.78 is 4.49. The fraction of sp³-hybridized carbons (Fsp3) is 0.333. The third-order valence-electron chi connectivity index (χ3n) is 1.18. The molecule has 1 heterocycles. The van der Waals surface area contributed by atoms with E-state index in [0.29, 0.717) is 6.54 Å². The van der Waals surface area contributed by atoms with Crippen molar-refractivity contribution in [3.05, 3.63) is 18.0 Å². The van der Waals surface area contributed by atoms with Crippen LogP contribution in [0.5, 0.6) is 6.01 Å². The Labute approximate surface area is 75.7 Å². The second kappa shape index (κ2) is 4.91. The molecule has 5 nitrogen and oxygen atoms in total. The molecular weight excluding hydrogens is 178 g/mol. The van der Waals surface area contributed by atoms with Gasteiger partial charge in [0.25, 0.3) is 0 Å². The number of hydrogen-bond acceptors (Lipinski definition) is 6. The van der Waals surface area contributed by atoms with E-state index in [-0.39, 0.29) is 6.01 Å². The van der Waals surface area contributed by atoms with Crippen LogP contribution in [0.25, 0.3) is 0 Å². The topological polar surface area (TPSA) is 56.3 Å². The summed E-state index contributed by atoms with van der Waals surface area (Å²) in [5.41, 5.74) is 3.57. The third-order valence-corrected chi connectivity index (χ3v) is 1.35. The Morgan fingerprint density at radius 2 is 2.17 bits per heavy atom. The van der Waals surface area contributed by atoms with Gasteiger partial charge in [0.05, 0.1) is 7.11 Å². The highest BCUT2D eigenvalue weighted by molar-refractivity contribution is 7.75. The van der Waals surface area contributed by atoms with Gasteiger partial charge in [0.15, 0.2) is 0 Å². The number of rotatable bonds is 4. The summed E-state index contributed by atoms with van der Waals surface area (Å²) in [5, 5.41) is 0. The van der Waals surface area contributed by atoms with Gasteiger partial charge in [-0.2, -0.15) is 5.48 Å². The molecule has 0 atom stereocenters. The Morgan fingerprint density at radius 3 is 2.67 bits per heavy atom. The number of thiol groups is 1. The molecule has 0 bridgehead atoms. The van der Waals surface area contributed by atoms with Gasteiger partial charge in [-0.15, -0.1) is 0 Å². The van der Waals surface area contributed by atoms with E-state index in [0.717, 1.165) is 5.56 Å². The van der Waals surface area contributed by atoms with Gasteiger partial charge >= 0.3 is 6.01 Å². The van der Waals surface area contributed by atoms with Crippen LogP contribution < -0.4 is 9.66 Å². The normalized spacial score (nSPS) is 9.83. The highest BCUT2D eigenvalue weighted by atomic mass is 32.1. The van der Waals surface area contributed by atoms with Crippen molar-refractivity contribution in [3.63, 3.8) is 0 Å². The molecule has 0 aliphatic rings. The van der Waals surface area contributed by atoms with Gasteiger partial charge in [-0.3, -0.25) is 0 Å². The molecule has 66 valence electrons. The second-order valence-electron chi connectivity index (χ2n) is 1.99. The van der Waals surface area contributed by atoms with Gasteiger partial charge in [0.2, 0.25) is 0 Å². The zero-order valence-corrected chi connectivity index (χ0v) is 7.41. The molecule has 0 unspecified atom stereocenters. The first-order chi connectivity index (χ1) is 5.86. The molecule has 0 saturated heterocycles. The van der Waals surface area contributed by atoms with E-state index in [1.165, 1.54) is 0 Å². The predicted octanol–water partition coefficient (Wildman–Crippen LogP) is 0.351. The summed E-state index contributed by atoms with van der Waals surface area (Å²) in [6.07, 6.45) is 3.26. The van der Waals surface area contributed by atoms with E-state index in [1.54, 1.807) is 19.5 Å². The Morgan fingerprint density at radius 1 is 1.50 bits per heavy atom. The highest BCUT2D eigenvalue weighted by Gasteiger charge is 1.95. The fourth-order valence-corrected chi connectivity index (χ4v) is 0.731. The van der Waals surface area contributed by atoms with E-state index >= 15 is 0 Å². The number of nitrogens with zero attached hydrogens (tertiary/aromatic N) is 2. The van der Waals surface area contributed by atoms with Gasteiger partial charge in [-0.05, 0) is 0 Å². The largest absolute Gasteiger partial charge is 0.392 e. The van der Waals surface area contributed by atoms with Crippen LogP contribution >= 0.6 is 12.9 Å². The SMILES string of the molecule is CONCc1cnc(OS)nc1. The van der Waals surface area contributed by atoms with Crippen molar-refractivity contribution in [2.24, 2.45) is 0 Å². The predicted molar refractivity (Wildman–Crippen MR) is 45.5 cm³/mol. The van der Waals surface area contributed by atoms with Crippen LogP contribution in [0.3, 0.4) is 0 Å². The molecule has 1 aromatic heterocycles. The van der Waals surface area contributed by atoms with Crippen LogP contribution in [-0.2, 0) is 11.4 Å². The van der Waals surface area contributed by atoms with Crippen LogP contribution in [-0.4, -0.2) is 17.1 Å². The number of nitrogens with one attached hydrogen (secondary N) is 1. The summed E-state index contributed by atoms with van der Waals surface area (Å²) in [5.74, 6) is 0. The maximum Gasteiger partial charge on any atom is 0.328 e. The highest BCUT2D eigenvalue weighted by Crippen LogP contribution is 2.02. The molecular formula is C6H9N3O2S. The minimum Gasteiger partial charge on any atom is -0.392 e. The molecule has 12 heavy (non-hydrogen) atoms. The molecule has 0 aliphatic carbocycles. The van der Waals surface area contributed by atoms with Gasteiger partial charge in [-0.1, -0.05) is 0 Å². The lowest BCUT2D eigenvalue weighted by molar-refractivity contribution is 0.0865. The van der Waals surface area contributed by atoms with Crippen molar-refractivity contribution in [3.8, 4) is 6.01 Å². The van der Waals surface area contributed by atoms with Crippen LogP contribution in [0.2, 0.25) is 0 Å². The first-order valence-electron chi connectivity index (χ1n) is 3.25. The van der Waals surface area contributed by atoms with Crippen molar-refractivity contribution in [1.82, 2.24) is 15.4 Å². The quantitative estimate of drug-likeness (QED) is 0.405. The Bertz CT molecular complexity index is 229. The Kier molecular flexibility index (Phi) is 3.78. The van der Waals surface area contributed by atoms with E-state index in [2.05, 4.69) is 37.4 Å². The number of hydrogen-bond donors (Lipinski definition) is 2. The molecule has 0 radical (unpaired) electrons. The average Bonchev–Trinajstić information content (AvgIpc) is 2.15. The number of hydroxylamine groups is 1. The van der Waals surface area contributed by atoms with Crippen molar-refractivity contribution < 1.29 is 9.02 Å². The van der Waals surface area contributed by atoms with E-state index in [4.69, 9.17) is 0 Å². The maximum absolute atomic E-state index is 4.65. The second-order valence-corrected chi connectivity index (χ2v) is 2.17. The lowest BCUT2D eigenvalue weighted by Gasteiger charge is -2.00. The first kappa shape index (κ1) is 9.24. The van der Waals surface area contributed by atoms with E-state index in [9.17, 15) is 0 Å². The van der Waals surface area contributed by atoms with Crippen LogP contribution in [0.15, 0.2) is 12.4 Å². The summed E-state index contributed by atoms with van der Waals surface area (Å²) in [6.45, 7) is 0.559. The third kappa shape index (κ3) is 2.65. The average molecular weight is 187 g/mol. The maximum atomic E-state index is 4.65. The minimum absolute atomic E-state index is 0.236.